The molecule has 0 aliphatic heterocycles. The molecule has 1 heterocycles. The van der Waals surface area contributed by atoms with Crippen molar-refractivity contribution in [3.8, 4) is 22.8 Å². The first kappa shape index (κ1) is 23.2. The predicted octanol–water partition coefficient (Wildman–Crippen LogP) is 6.29. The van der Waals surface area contributed by atoms with Gasteiger partial charge in [0.15, 0.2) is 11.0 Å². The Kier molecular flexibility index (Phi) is 7.23. The Morgan fingerprint density at radius 3 is 2.48 bits per heavy atom. The first-order chi connectivity index (χ1) is 16.0. The summed E-state index contributed by atoms with van der Waals surface area (Å²) < 4.78 is 7.23. The van der Waals surface area contributed by atoms with Crippen molar-refractivity contribution in [2.45, 2.75) is 12.1 Å². The molecule has 168 valence electrons. The van der Waals surface area contributed by atoms with Crippen LogP contribution in [-0.2, 0) is 4.79 Å². The lowest BCUT2D eigenvalue weighted by Crippen LogP contribution is -2.14. The minimum absolute atomic E-state index is 0.146. The number of anilines is 1. The van der Waals surface area contributed by atoms with Gasteiger partial charge in [-0.15, -0.1) is 10.2 Å². The number of carbonyl (C=O) groups excluding carboxylic acids is 1. The number of carbonyl (C=O) groups is 1. The minimum atomic E-state index is -0.191. The van der Waals surface area contributed by atoms with Gasteiger partial charge in [0, 0.05) is 11.3 Å². The van der Waals surface area contributed by atoms with E-state index in [1.807, 2.05) is 60.0 Å². The third-order valence-electron chi connectivity index (χ3n) is 4.87. The highest BCUT2D eigenvalue weighted by molar-refractivity contribution is 7.99. The first-order valence-electron chi connectivity index (χ1n) is 10.00. The molecule has 9 heteroatoms. The fourth-order valence-electron chi connectivity index (χ4n) is 3.22. The maximum Gasteiger partial charge on any atom is 0.234 e. The summed E-state index contributed by atoms with van der Waals surface area (Å²) in [5.41, 5.74) is 3.47. The minimum Gasteiger partial charge on any atom is -0.497 e. The van der Waals surface area contributed by atoms with Crippen molar-refractivity contribution >= 4 is 46.6 Å². The summed E-state index contributed by atoms with van der Waals surface area (Å²) in [5, 5.41) is 13.1. The number of amides is 1. The highest BCUT2D eigenvalue weighted by Gasteiger charge is 2.18. The average molecular weight is 499 g/mol. The van der Waals surface area contributed by atoms with Crippen LogP contribution in [-0.4, -0.2) is 33.5 Å². The molecule has 4 rings (SSSR count). The summed E-state index contributed by atoms with van der Waals surface area (Å²) in [6, 6.07) is 20.6. The zero-order valence-electron chi connectivity index (χ0n) is 17.9. The van der Waals surface area contributed by atoms with E-state index in [1.54, 1.807) is 25.3 Å². The van der Waals surface area contributed by atoms with E-state index in [0.29, 0.717) is 26.7 Å². The number of aryl methyl sites for hydroxylation is 1. The van der Waals surface area contributed by atoms with Gasteiger partial charge in [-0.3, -0.25) is 9.36 Å². The number of nitrogens with one attached hydrogen (secondary N) is 1. The van der Waals surface area contributed by atoms with Crippen LogP contribution in [0.4, 0.5) is 5.69 Å². The maximum atomic E-state index is 12.6. The normalized spacial score (nSPS) is 10.8. The highest BCUT2D eigenvalue weighted by Crippen LogP contribution is 2.31. The Bertz CT molecular complexity index is 1290. The standard InChI is InChI=1S/C24H20Cl2N4O2S/c1-15-5-3-4-6-21(15)30-23(16-7-10-18(32-2)11-8-16)28-29-24(30)33-14-22(31)27-17-9-12-19(25)20(26)13-17/h3-13H,14H2,1-2H3,(H,27,31). The number of hydrogen-bond donors (Lipinski definition) is 1. The van der Waals surface area contributed by atoms with Crippen LogP contribution in [0.25, 0.3) is 17.1 Å². The van der Waals surface area contributed by atoms with Gasteiger partial charge < -0.3 is 10.1 Å². The molecule has 0 bridgehead atoms. The molecule has 1 amide bonds. The summed E-state index contributed by atoms with van der Waals surface area (Å²) in [5.74, 6) is 1.39. The van der Waals surface area contributed by atoms with Gasteiger partial charge in [0.25, 0.3) is 0 Å². The second kappa shape index (κ2) is 10.3. The first-order valence-corrected chi connectivity index (χ1v) is 11.7. The Morgan fingerprint density at radius 2 is 1.79 bits per heavy atom. The lowest BCUT2D eigenvalue weighted by Gasteiger charge is -2.13. The van der Waals surface area contributed by atoms with Crippen molar-refractivity contribution in [2.24, 2.45) is 0 Å². The summed E-state index contributed by atoms with van der Waals surface area (Å²) >= 11 is 13.3. The van der Waals surface area contributed by atoms with Crippen molar-refractivity contribution in [3.05, 3.63) is 82.3 Å². The number of halogens is 2. The van der Waals surface area contributed by atoms with Gasteiger partial charge in [0.05, 0.1) is 28.6 Å². The second-order valence-corrected chi connectivity index (χ2v) is 8.88. The van der Waals surface area contributed by atoms with E-state index in [2.05, 4.69) is 15.5 Å². The number of hydrogen-bond acceptors (Lipinski definition) is 5. The lowest BCUT2D eigenvalue weighted by atomic mass is 10.1. The fraction of sp³-hybridized carbons (Fsp3) is 0.125. The Hall–Kier alpha value is -3.00. The molecule has 0 fully saturated rings. The molecule has 0 atom stereocenters. The van der Waals surface area contributed by atoms with E-state index in [1.165, 1.54) is 11.8 Å². The van der Waals surface area contributed by atoms with Gasteiger partial charge in [-0.1, -0.05) is 53.2 Å². The van der Waals surface area contributed by atoms with Crippen molar-refractivity contribution in [3.63, 3.8) is 0 Å². The molecule has 0 aliphatic rings. The van der Waals surface area contributed by atoms with Gasteiger partial charge in [-0.25, -0.2) is 0 Å². The smallest absolute Gasteiger partial charge is 0.234 e. The molecular weight excluding hydrogens is 479 g/mol. The maximum absolute atomic E-state index is 12.6. The van der Waals surface area contributed by atoms with Crippen LogP contribution in [0, 0.1) is 6.92 Å². The number of thioether (sulfide) groups is 1. The highest BCUT2D eigenvalue weighted by atomic mass is 35.5. The zero-order chi connectivity index (χ0) is 23.4. The monoisotopic (exact) mass is 498 g/mol. The fourth-order valence-corrected chi connectivity index (χ4v) is 4.27. The third-order valence-corrected chi connectivity index (χ3v) is 6.54. The molecule has 1 aromatic heterocycles. The van der Waals surface area contributed by atoms with Crippen molar-refractivity contribution in [1.82, 2.24) is 14.8 Å². The van der Waals surface area contributed by atoms with Crippen molar-refractivity contribution in [2.75, 3.05) is 18.2 Å². The second-order valence-electron chi connectivity index (χ2n) is 7.12. The quantitative estimate of drug-likeness (QED) is 0.303. The molecule has 0 aliphatic carbocycles. The number of aromatic nitrogens is 3. The van der Waals surface area contributed by atoms with Gasteiger partial charge in [-0.05, 0) is 61.0 Å². The number of para-hydroxylation sites is 1. The Balaban J connectivity index is 1.61. The molecule has 0 saturated carbocycles. The molecule has 0 unspecified atom stereocenters. The van der Waals surface area contributed by atoms with Gasteiger partial charge >= 0.3 is 0 Å². The van der Waals surface area contributed by atoms with E-state index in [4.69, 9.17) is 27.9 Å². The molecule has 0 radical (unpaired) electrons. The molecule has 33 heavy (non-hydrogen) atoms. The summed E-state index contributed by atoms with van der Waals surface area (Å²) in [6.07, 6.45) is 0. The number of nitrogens with zero attached hydrogens (tertiary/aromatic N) is 3. The number of rotatable bonds is 7. The van der Waals surface area contributed by atoms with E-state index in [0.717, 1.165) is 22.6 Å². The number of benzene rings is 3. The van der Waals surface area contributed by atoms with Gasteiger partial charge in [0.2, 0.25) is 5.91 Å². The van der Waals surface area contributed by atoms with Crippen LogP contribution in [0.2, 0.25) is 10.0 Å². The van der Waals surface area contributed by atoms with Crippen molar-refractivity contribution in [1.29, 1.82) is 0 Å². The van der Waals surface area contributed by atoms with E-state index in [9.17, 15) is 4.79 Å². The molecule has 6 nitrogen and oxygen atoms in total. The topological polar surface area (TPSA) is 69.0 Å². The number of ether oxygens (including phenoxy) is 1. The largest absolute Gasteiger partial charge is 0.497 e. The summed E-state index contributed by atoms with van der Waals surface area (Å²) in [6.45, 7) is 2.03. The van der Waals surface area contributed by atoms with Gasteiger partial charge in [0.1, 0.15) is 5.75 Å². The van der Waals surface area contributed by atoms with Crippen molar-refractivity contribution < 1.29 is 9.53 Å². The molecule has 0 saturated heterocycles. The van der Waals surface area contributed by atoms with Crippen LogP contribution in [0.5, 0.6) is 5.75 Å². The Labute approximate surface area is 205 Å². The van der Waals surface area contributed by atoms with E-state index < -0.39 is 0 Å². The van der Waals surface area contributed by atoms with Crippen LogP contribution in [0.3, 0.4) is 0 Å². The number of methoxy groups -OCH3 is 1. The molecule has 4 aromatic rings. The van der Waals surface area contributed by atoms with E-state index in [-0.39, 0.29) is 11.7 Å². The van der Waals surface area contributed by atoms with Crippen LogP contribution >= 0.6 is 35.0 Å². The average Bonchev–Trinajstić information content (AvgIpc) is 3.24. The van der Waals surface area contributed by atoms with E-state index >= 15 is 0 Å². The van der Waals surface area contributed by atoms with Gasteiger partial charge in [-0.2, -0.15) is 0 Å². The summed E-state index contributed by atoms with van der Waals surface area (Å²) in [4.78, 5) is 12.6. The third kappa shape index (κ3) is 5.33. The van der Waals surface area contributed by atoms with Crippen LogP contribution < -0.4 is 10.1 Å². The SMILES string of the molecule is COc1ccc(-c2nnc(SCC(=O)Nc3ccc(Cl)c(Cl)c3)n2-c2ccccc2C)cc1. The zero-order valence-corrected chi connectivity index (χ0v) is 20.2. The summed E-state index contributed by atoms with van der Waals surface area (Å²) in [7, 11) is 1.63. The molecule has 3 aromatic carbocycles. The predicted molar refractivity (Wildman–Crippen MR) is 134 cm³/mol. The molecule has 1 N–H and O–H groups in total. The molecule has 0 spiro atoms. The Morgan fingerprint density at radius 1 is 1.03 bits per heavy atom. The molecular formula is C24H20Cl2N4O2S. The lowest BCUT2D eigenvalue weighted by molar-refractivity contribution is -0.113. The van der Waals surface area contributed by atoms with Crippen LogP contribution in [0.15, 0.2) is 71.9 Å². The van der Waals surface area contributed by atoms with Crippen LogP contribution in [0.1, 0.15) is 5.56 Å².